The Morgan fingerprint density at radius 1 is 1.31 bits per heavy atom. The molecule has 3 nitrogen and oxygen atoms in total. The van der Waals surface area contributed by atoms with Crippen LogP contribution < -0.4 is 5.32 Å². The number of alkyl halides is 3. The first kappa shape index (κ1) is 9.76. The van der Waals surface area contributed by atoms with Crippen molar-refractivity contribution in [1.82, 2.24) is 9.97 Å². The molecular weight excluding hydrogens is 183 g/mol. The standard InChI is InChI=1S/C7H8F3N3/c1-5-6(12-3-2-11-5)13-4-7(8,9)10/h2-3H,4H2,1H3,(H,12,13). The van der Waals surface area contributed by atoms with E-state index in [1.165, 1.54) is 12.4 Å². The number of nitrogens with zero attached hydrogens (tertiary/aromatic N) is 2. The summed E-state index contributed by atoms with van der Waals surface area (Å²) in [7, 11) is 0. The number of anilines is 1. The average molecular weight is 191 g/mol. The molecule has 0 saturated heterocycles. The van der Waals surface area contributed by atoms with Crippen molar-refractivity contribution in [3.8, 4) is 0 Å². The van der Waals surface area contributed by atoms with Crippen molar-refractivity contribution in [2.75, 3.05) is 11.9 Å². The van der Waals surface area contributed by atoms with Crippen molar-refractivity contribution in [3.05, 3.63) is 18.1 Å². The molecule has 1 aromatic rings. The van der Waals surface area contributed by atoms with Gasteiger partial charge in [0.05, 0.1) is 5.69 Å². The van der Waals surface area contributed by atoms with Gasteiger partial charge in [-0.3, -0.25) is 4.98 Å². The number of aromatic nitrogens is 2. The summed E-state index contributed by atoms with van der Waals surface area (Å²) in [5.41, 5.74) is 0.451. The molecule has 6 heteroatoms. The normalized spacial score (nSPS) is 11.4. The maximum atomic E-state index is 11.8. The summed E-state index contributed by atoms with van der Waals surface area (Å²) in [5, 5.41) is 2.15. The van der Waals surface area contributed by atoms with E-state index >= 15 is 0 Å². The molecule has 13 heavy (non-hydrogen) atoms. The van der Waals surface area contributed by atoms with Gasteiger partial charge in [0.2, 0.25) is 0 Å². The highest BCUT2D eigenvalue weighted by molar-refractivity contribution is 5.38. The van der Waals surface area contributed by atoms with E-state index in [9.17, 15) is 13.2 Å². The molecule has 1 N–H and O–H groups in total. The van der Waals surface area contributed by atoms with Crippen molar-refractivity contribution in [1.29, 1.82) is 0 Å². The van der Waals surface area contributed by atoms with Gasteiger partial charge in [0.1, 0.15) is 12.4 Å². The zero-order chi connectivity index (χ0) is 9.90. The fraction of sp³-hybridized carbons (Fsp3) is 0.429. The van der Waals surface area contributed by atoms with Crippen LogP contribution in [0.15, 0.2) is 12.4 Å². The maximum Gasteiger partial charge on any atom is 0.405 e. The lowest BCUT2D eigenvalue weighted by Gasteiger charge is -2.09. The van der Waals surface area contributed by atoms with E-state index in [0.717, 1.165) is 0 Å². The van der Waals surface area contributed by atoms with Crippen LogP contribution in [-0.4, -0.2) is 22.7 Å². The Hall–Kier alpha value is -1.33. The number of nitrogens with one attached hydrogen (secondary N) is 1. The monoisotopic (exact) mass is 191 g/mol. The molecule has 0 aliphatic carbocycles. The fourth-order valence-electron chi connectivity index (χ4n) is 0.765. The largest absolute Gasteiger partial charge is 0.405 e. The molecule has 0 atom stereocenters. The van der Waals surface area contributed by atoms with Crippen LogP contribution in [0.2, 0.25) is 0 Å². The van der Waals surface area contributed by atoms with Crippen molar-refractivity contribution in [2.45, 2.75) is 13.1 Å². The van der Waals surface area contributed by atoms with Gasteiger partial charge in [0, 0.05) is 12.4 Å². The van der Waals surface area contributed by atoms with Crippen molar-refractivity contribution < 1.29 is 13.2 Å². The van der Waals surface area contributed by atoms with Crippen molar-refractivity contribution in [2.24, 2.45) is 0 Å². The Kier molecular flexibility index (Phi) is 2.69. The summed E-state index contributed by atoms with van der Waals surface area (Å²) in [5.74, 6) is 0.167. The molecular formula is C7H8F3N3. The molecule has 72 valence electrons. The van der Waals surface area contributed by atoms with Crippen LogP contribution >= 0.6 is 0 Å². The fourth-order valence-corrected chi connectivity index (χ4v) is 0.765. The number of hydrogen-bond donors (Lipinski definition) is 1. The Morgan fingerprint density at radius 3 is 2.46 bits per heavy atom. The Labute approximate surface area is 73.0 Å². The van der Waals surface area contributed by atoms with Crippen LogP contribution in [0.3, 0.4) is 0 Å². The summed E-state index contributed by atoms with van der Waals surface area (Å²) in [4.78, 5) is 7.50. The van der Waals surface area contributed by atoms with Crippen LogP contribution in [0.25, 0.3) is 0 Å². The lowest BCUT2D eigenvalue weighted by atomic mass is 10.4. The highest BCUT2D eigenvalue weighted by Crippen LogP contribution is 2.15. The summed E-state index contributed by atoms with van der Waals surface area (Å²) in [6, 6.07) is 0. The quantitative estimate of drug-likeness (QED) is 0.773. The maximum absolute atomic E-state index is 11.8. The molecule has 1 heterocycles. The second kappa shape index (κ2) is 3.59. The Balaban J connectivity index is 2.60. The Bertz CT molecular complexity index is 285. The third kappa shape index (κ3) is 3.27. The van der Waals surface area contributed by atoms with Gasteiger partial charge < -0.3 is 5.32 Å². The molecule has 0 saturated carbocycles. The first-order valence-corrected chi connectivity index (χ1v) is 3.57. The van der Waals surface area contributed by atoms with E-state index in [-0.39, 0.29) is 5.82 Å². The van der Waals surface area contributed by atoms with Gasteiger partial charge in [0.15, 0.2) is 0 Å². The second-order valence-electron chi connectivity index (χ2n) is 2.46. The van der Waals surface area contributed by atoms with E-state index < -0.39 is 12.7 Å². The summed E-state index contributed by atoms with van der Waals surface area (Å²) < 4.78 is 35.3. The summed E-state index contributed by atoms with van der Waals surface area (Å²) in [6.07, 6.45) is -1.47. The van der Waals surface area contributed by atoms with Crippen molar-refractivity contribution >= 4 is 5.82 Å². The van der Waals surface area contributed by atoms with Gasteiger partial charge >= 0.3 is 6.18 Å². The minimum Gasteiger partial charge on any atom is -0.360 e. The van der Waals surface area contributed by atoms with Crippen LogP contribution in [-0.2, 0) is 0 Å². The van der Waals surface area contributed by atoms with E-state index in [1.807, 2.05) is 0 Å². The molecule has 0 spiro atoms. The minimum atomic E-state index is -4.23. The van der Waals surface area contributed by atoms with Crippen LogP contribution in [0, 0.1) is 6.92 Å². The number of rotatable bonds is 2. The molecule has 0 fully saturated rings. The molecule has 0 bridgehead atoms. The smallest absolute Gasteiger partial charge is 0.360 e. The van der Waals surface area contributed by atoms with E-state index in [2.05, 4.69) is 15.3 Å². The average Bonchev–Trinajstić information content (AvgIpc) is 2.01. The van der Waals surface area contributed by atoms with Gasteiger partial charge in [-0.2, -0.15) is 13.2 Å². The summed E-state index contributed by atoms with van der Waals surface area (Å²) >= 11 is 0. The first-order chi connectivity index (χ1) is 5.99. The molecule has 0 aliphatic heterocycles. The lowest BCUT2D eigenvalue weighted by molar-refractivity contribution is -0.115. The zero-order valence-corrected chi connectivity index (χ0v) is 6.89. The Morgan fingerprint density at radius 2 is 1.92 bits per heavy atom. The third-order valence-corrected chi connectivity index (χ3v) is 1.34. The zero-order valence-electron chi connectivity index (χ0n) is 6.89. The van der Waals surface area contributed by atoms with Crippen LogP contribution in [0.4, 0.5) is 19.0 Å². The molecule has 0 aromatic carbocycles. The third-order valence-electron chi connectivity index (χ3n) is 1.34. The lowest BCUT2D eigenvalue weighted by Crippen LogP contribution is -2.22. The van der Waals surface area contributed by atoms with Gasteiger partial charge in [-0.1, -0.05) is 0 Å². The highest BCUT2D eigenvalue weighted by Gasteiger charge is 2.26. The summed E-state index contributed by atoms with van der Waals surface area (Å²) in [6.45, 7) is 0.498. The number of hydrogen-bond acceptors (Lipinski definition) is 3. The van der Waals surface area contributed by atoms with Gasteiger partial charge in [-0.25, -0.2) is 4.98 Å². The van der Waals surface area contributed by atoms with Crippen LogP contribution in [0.5, 0.6) is 0 Å². The molecule has 0 radical (unpaired) electrons. The van der Waals surface area contributed by atoms with E-state index in [1.54, 1.807) is 6.92 Å². The number of aryl methyl sites for hydroxylation is 1. The molecule has 0 aliphatic rings. The molecule has 1 aromatic heterocycles. The molecule has 1 rings (SSSR count). The minimum absolute atomic E-state index is 0.167. The van der Waals surface area contributed by atoms with Gasteiger partial charge in [-0.15, -0.1) is 0 Å². The first-order valence-electron chi connectivity index (χ1n) is 3.57. The van der Waals surface area contributed by atoms with Gasteiger partial charge in [-0.05, 0) is 6.92 Å². The van der Waals surface area contributed by atoms with Gasteiger partial charge in [0.25, 0.3) is 0 Å². The predicted octanol–water partition coefficient (Wildman–Crippen LogP) is 1.76. The topological polar surface area (TPSA) is 37.8 Å². The SMILES string of the molecule is Cc1nccnc1NCC(F)(F)F. The highest BCUT2D eigenvalue weighted by atomic mass is 19.4. The second-order valence-corrected chi connectivity index (χ2v) is 2.46. The number of halogens is 3. The molecule has 0 unspecified atom stereocenters. The molecule has 0 amide bonds. The van der Waals surface area contributed by atoms with Crippen molar-refractivity contribution in [3.63, 3.8) is 0 Å². The van der Waals surface area contributed by atoms with Crippen LogP contribution in [0.1, 0.15) is 5.69 Å². The van der Waals surface area contributed by atoms with E-state index in [4.69, 9.17) is 0 Å². The predicted molar refractivity (Wildman–Crippen MR) is 41.3 cm³/mol. The van der Waals surface area contributed by atoms with E-state index in [0.29, 0.717) is 5.69 Å².